The molecule has 0 radical (unpaired) electrons. The van der Waals surface area contributed by atoms with E-state index < -0.39 is 0 Å². The quantitative estimate of drug-likeness (QED) is 0.108. The van der Waals surface area contributed by atoms with E-state index in [1.807, 2.05) is 66.7 Å². The summed E-state index contributed by atoms with van der Waals surface area (Å²) >= 11 is 1.47. The summed E-state index contributed by atoms with van der Waals surface area (Å²) < 4.78 is 7.39. The van der Waals surface area contributed by atoms with Crippen molar-refractivity contribution in [1.29, 1.82) is 0 Å². The number of ether oxygens (including phenoxy) is 1. The van der Waals surface area contributed by atoms with Gasteiger partial charge in [-0.25, -0.2) is 9.97 Å². The van der Waals surface area contributed by atoms with E-state index in [4.69, 9.17) is 9.72 Å². The molecular formula is C43H45N5O3S. The number of rotatable bonds is 11. The van der Waals surface area contributed by atoms with Crippen LogP contribution in [0.25, 0.3) is 21.3 Å². The summed E-state index contributed by atoms with van der Waals surface area (Å²) in [6, 6.07) is 23.8. The van der Waals surface area contributed by atoms with Gasteiger partial charge in [-0.2, -0.15) is 0 Å². The van der Waals surface area contributed by atoms with E-state index in [1.165, 1.54) is 42.8 Å². The molecule has 2 aromatic heterocycles. The number of hydrogen-bond donors (Lipinski definition) is 1. The predicted octanol–water partition coefficient (Wildman–Crippen LogP) is 8.74. The van der Waals surface area contributed by atoms with Crippen LogP contribution in [0.2, 0.25) is 0 Å². The fourth-order valence-corrected chi connectivity index (χ4v) is 9.47. The largest absolute Gasteiger partial charge is 0.493 e. The first-order chi connectivity index (χ1) is 25.1. The second-order valence-electron chi connectivity index (χ2n) is 15.1. The van der Waals surface area contributed by atoms with Gasteiger partial charge in [-0.1, -0.05) is 59.9 Å². The van der Waals surface area contributed by atoms with Gasteiger partial charge in [0.2, 0.25) is 0 Å². The summed E-state index contributed by atoms with van der Waals surface area (Å²) in [4.78, 5) is 40.9. The van der Waals surface area contributed by atoms with Crippen LogP contribution < -0.4 is 15.0 Å². The van der Waals surface area contributed by atoms with Crippen molar-refractivity contribution in [3.05, 3.63) is 113 Å². The minimum Gasteiger partial charge on any atom is -0.493 e. The number of amides is 1. The van der Waals surface area contributed by atoms with Crippen molar-refractivity contribution < 1.29 is 14.3 Å². The van der Waals surface area contributed by atoms with Gasteiger partial charge in [-0.3, -0.25) is 19.8 Å². The lowest BCUT2D eigenvalue weighted by atomic mass is 9.57. The fraction of sp³-hybridized carbons (Fsp3) is 0.349. The number of benzene rings is 3. The molecule has 2 fully saturated rings. The maximum atomic E-state index is 13.6. The average Bonchev–Trinajstić information content (AvgIpc) is 3.51. The lowest BCUT2D eigenvalue weighted by molar-refractivity contribution is -0.0935. The number of thiazole rings is 1. The Balaban J connectivity index is 0.946. The number of para-hydroxylation sites is 1. The molecule has 4 heterocycles. The molecule has 1 aliphatic carbocycles. The smallest absolute Gasteiger partial charge is 0.257 e. The number of Topliss-reactive ketones (excluding diaryl/α,β-unsaturated/α-hetero) is 1. The van der Waals surface area contributed by atoms with Crippen LogP contribution >= 0.6 is 11.3 Å². The van der Waals surface area contributed by atoms with E-state index in [2.05, 4.69) is 46.6 Å². The molecule has 0 bridgehead atoms. The Labute approximate surface area is 309 Å². The number of pyridine rings is 1. The van der Waals surface area contributed by atoms with Gasteiger partial charge in [-0.05, 0) is 110 Å². The van der Waals surface area contributed by atoms with Crippen molar-refractivity contribution in [3.8, 4) is 16.9 Å². The van der Waals surface area contributed by atoms with Crippen LogP contribution in [0, 0.1) is 18.3 Å². The standard InChI is InChI=1S/C43H45N5O3S/c1-27(2)23-47-25-43(26-47)21-30(22-43)18-20-51-37-13-8-10-32(28(37)3)33-15-16-39(45-40(33)29(4)49)48-19-17-31-9-7-11-34(35(31)24-48)41(50)46-42-44-36-12-5-6-14-38(36)52-42/h5-16,30H,1,17-26H2,2-4H3,(H,44,46,50). The molecule has 0 unspecified atom stereocenters. The maximum absolute atomic E-state index is 13.6. The summed E-state index contributed by atoms with van der Waals surface area (Å²) in [6.07, 6.45) is 4.42. The zero-order valence-electron chi connectivity index (χ0n) is 30.2. The number of ketones is 1. The molecule has 1 spiro atoms. The van der Waals surface area contributed by atoms with Crippen LogP contribution in [0.4, 0.5) is 10.9 Å². The SMILES string of the molecule is C=C(C)CN1CC2(CC(CCOc3cccc(-c4ccc(N5CCc6cccc(C(=O)Nc7nc8ccccc8s7)c6C5)nc4C(C)=O)c3C)C2)C1. The summed E-state index contributed by atoms with van der Waals surface area (Å²) in [5.41, 5.74) is 8.59. The zero-order valence-corrected chi connectivity index (χ0v) is 31.0. The molecule has 8 rings (SSSR count). The van der Waals surface area contributed by atoms with Gasteiger partial charge in [0.1, 0.15) is 17.3 Å². The van der Waals surface area contributed by atoms with Gasteiger partial charge in [0.05, 0.1) is 16.8 Å². The number of anilines is 2. The lowest BCUT2D eigenvalue weighted by Gasteiger charge is -2.59. The minimum absolute atomic E-state index is 0.0902. The molecule has 1 saturated carbocycles. The van der Waals surface area contributed by atoms with E-state index in [9.17, 15) is 9.59 Å². The van der Waals surface area contributed by atoms with E-state index in [0.717, 1.165) is 81.5 Å². The lowest BCUT2D eigenvalue weighted by Crippen LogP contribution is -2.62. The zero-order chi connectivity index (χ0) is 36.0. The molecular weight excluding hydrogens is 667 g/mol. The number of hydrogen-bond acceptors (Lipinski definition) is 8. The Bertz CT molecular complexity index is 2160. The number of carbonyl (C=O) groups excluding carboxylic acids is 2. The number of aromatic nitrogens is 2. The number of fused-ring (bicyclic) bond motifs is 2. The van der Waals surface area contributed by atoms with Gasteiger partial charge in [0.25, 0.3) is 5.91 Å². The molecule has 3 aliphatic rings. The van der Waals surface area contributed by atoms with Crippen molar-refractivity contribution in [1.82, 2.24) is 14.9 Å². The third kappa shape index (κ3) is 6.75. The average molecular weight is 712 g/mol. The monoisotopic (exact) mass is 711 g/mol. The molecule has 266 valence electrons. The topological polar surface area (TPSA) is 87.7 Å². The van der Waals surface area contributed by atoms with Gasteiger partial charge >= 0.3 is 0 Å². The second kappa shape index (κ2) is 13.9. The highest BCUT2D eigenvalue weighted by atomic mass is 32.1. The molecule has 5 aromatic rings. The van der Waals surface area contributed by atoms with Crippen molar-refractivity contribution in [2.75, 3.05) is 43.0 Å². The molecule has 8 nitrogen and oxygen atoms in total. The van der Waals surface area contributed by atoms with Crippen molar-refractivity contribution in [2.24, 2.45) is 11.3 Å². The second-order valence-corrected chi connectivity index (χ2v) is 16.2. The van der Waals surface area contributed by atoms with Crippen LogP contribution in [-0.4, -0.2) is 59.3 Å². The van der Waals surface area contributed by atoms with Crippen molar-refractivity contribution in [3.63, 3.8) is 0 Å². The highest BCUT2D eigenvalue weighted by Gasteiger charge is 2.51. The fourth-order valence-electron chi connectivity index (χ4n) is 8.61. The number of likely N-dealkylation sites (tertiary alicyclic amines) is 1. The minimum atomic E-state index is -0.177. The molecule has 0 atom stereocenters. The van der Waals surface area contributed by atoms with Crippen LogP contribution in [-0.2, 0) is 13.0 Å². The highest BCUT2D eigenvalue weighted by molar-refractivity contribution is 7.22. The Kier molecular flexibility index (Phi) is 9.17. The van der Waals surface area contributed by atoms with E-state index in [-0.39, 0.29) is 11.7 Å². The first kappa shape index (κ1) is 34.2. The number of nitrogens with one attached hydrogen (secondary N) is 1. The molecule has 1 saturated heterocycles. The van der Waals surface area contributed by atoms with Gasteiger partial charge in [0.15, 0.2) is 10.9 Å². The van der Waals surface area contributed by atoms with Gasteiger partial charge in [-0.15, -0.1) is 0 Å². The third-order valence-electron chi connectivity index (χ3n) is 11.0. The molecule has 52 heavy (non-hydrogen) atoms. The molecule has 1 amide bonds. The summed E-state index contributed by atoms with van der Waals surface area (Å²) in [7, 11) is 0. The van der Waals surface area contributed by atoms with Crippen LogP contribution in [0.3, 0.4) is 0 Å². The molecule has 1 N–H and O–H groups in total. The number of carbonyl (C=O) groups is 2. The normalized spacial score (nSPS) is 16.6. The summed E-state index contributed by atoms with van der Waals surface area (Å²) in [5, 5.41) is 3.61. The van der Waals surface area contributed by atoms with E-state index in [1.54, 1.807) is 6.92 Å². The Morgan fingerprint density at radius 1 is 0.981 bits per heavy atom. The Hall–Kier alpha value is -4.86. The Morgan fingerprint density at radius 2 is 1.79 bits per heavy atom. The molecule has 2 aliphatic heterocycles. The van der Waals surface area contributed by atoms with Crippen LogP contribution in [0.5, 0.6) is 5.75 Å². The van der Waals surface area contributed by atoms with Gasteiger partial charge < -0.3 is 9.64 Å². The van der Waals surface area contributed by atoms with Gasteiger partial charge in [0, 0.05) is 50.8 Å². The van der Waals surface area contributed by atoms with Crippen molar-refractivity contribution in [2.45, 2.75) is 53.0 Å². The first-order valence-corrected chi connectivity index (χ1v) is 19.1. The summed E-state index contributed by atoms with van der Waals surface area (Å²) in [6.45, 7) is 15.2. The first-order valence-electron chi connectivity index (χ1n) is 18.3. The predicted molar refractivity (Wildman–Crippen MR) is 210 cm³/mol. The van der Waals surface area contributed by atoms with E-state index >= 15 is 0 Å². The van der Waals surface area contributed by atoms with Crippen LogP contribution in [0.1, 0.15) is 70.6 Å². The number of nitrogens with zero attached hydrogens (tertiary/aromatic N) is 4. The Morgan fingerprint density at radius 3 is 2.58 bits per heavy atom. The van der Waals surface area contributed by atoms with E-state index in [0.29, 0.717) is 35.0 Å². The van der Waals surface area contributed by atoms with Crippen molar-refractivity contribution >= 4 is 44.2 Å². The highest BCUT2D eigenvalue weighted by Crippen LogP contribution is 2.53. The molecule has 9 heteroatoms. The third-order valence-corrected chi connectivity index (χ3v) is 11.9. The molecule has 3 aromatic carbocycles. The maximum Gasteiger partial charge on any atom is 0.257 e. The summed E-state index contributed by atoms with van der Waals surface area (Å²) in [5.74, 6) is 2.03. The van der Waals surface area contributed by atoms with Crippen LogP contribution in [0.15, 0.2) is 84.9 Å².